The summed E-state index contributed by atoms with van der Waals surface area (Å²) in [5.74, 6) is 0.918. The molecule has 1 aliphatic rings. The quantitative estimate of drug-likeness (QED) is 0.714. The topological polar surface area (TPSA) is 12.9 Å². The highest BCUT2D eigenvalue weighted by molar-refractivity contribution is 7.99. The first kappa shape index (κ1) is 9.07. The van der Waals surface area contributed by atoms with Crippen molar-refractivity contribution in [1.82, 2.24) is 4.98 Å². The number of thioether (sulfide) groups is 1. The van der Waals surface area contributed by atoms with Crippen LogP contribution in [0.5, 0.6) is 0 Å². The molecular weight excluding hydrogens is 178 g/mol. The van der Waals surface area contributed by atoms with E-state index in [1.807, 2.05) is 24.0 Å². The largest absolute Gasteiger partial charge is 0.250 e. The summed E-state index contributed by atoms with van der Waals surface area (Å²) in [6, 6.07) is 6.14. The zero-order chi connectivity index (χ0) is 9.10. The summed E-state index contributed by atoms with van der Waals surface area (Å²) >= 11 is 1.94. The molecule has 2 atom stereocenters. The lowest BCUT2D eigenvalue weighted by molar-refractivity contribution is 0.613. The molecule has 0 aliphatic heterocycles. The molecule has 0 spiro atoms. The van der Waals surface area contributed by atoms with Crippen LogP contribution >= 0.6 is 11.8 Å². The standard InChI is InChI=1S/C11H15NS/c1-9-5-6-10(8-9)13-11-4-2-3-7-12-11/h2-4,7,9-10H,5-6,8H2,1H3. The first-order valence-corrected chi connectivity index (χ1v) is 5.80. The molecular formula is C11H15NS. The summed E-state index contributed by atoms with van der Waals surface area (Å²) in [5.41, 5.74) is 0. The van der Waals surface area contributed by atoms with E-state index in [-0.39, 0.29) is 0 Å². The molecule has 70 valence electrons. The molecule has 0 bridgehead atoms. The lowest BCUT2D eigenvalue weighted by Gasteiger charge is -2.07. The van der Waals surface area contributed by atoms with E-state index in [1.54, 1.807) is 0 Å². The zero-order valence-electron chi connectivity index (χ0n) is 7.94. The van der Waals surface area contributed by atoms with Gasteiger partial charge in [0.2, 0.25) is 0 Å². The van der Waals surface area contributed by atoms with Gasteiger partial charge in [-0.15, -0.1) is 11.8 Å². The van der Waals surface area contributed by atoms with Gasteiger partial charge >= 0.3 is 0 Å². The van der Waals surface area contributed by atoms with E-state index < -0.39 is 0 Å². The number of hydrogen-bond acceptors (Lipinski definition) is 2. The first-order valence-electron chi connectivity index (χ1n) is 4.92. The highest BCUT2D eigenvalue weighted by atomic mass is 32.2. The molecule has 1 fully saturated rings. The Morgan fingerprint density at radius 3 is 2.92 bits per heavy atom. The summed E-state index contributed by atoms with van der Waals surface area (Å²) in [6.07, 6.45) is 5.99. The van der Waals surface area contributed by atoms with Crippen molar-refractivity contribution in [3.8, 4) is 0 Å². The van der Waals surface area contributed by atoms with Crippen LogP contribution < -0.4 is 0 Å². The molecule has 0 radical (unpaired) electrons. The van der Waals surface area contributed by atoms with Gasteiger partial charge in [0.05, 0.1) is 5.03 Å². The molecule has 1 aromatic heterocycles. The summed E-state index contributed by atoms with van der Waals surface area (Å²) < 4.78 is 0. The Hall–Kier alpha value is -0.500. The van der Waals surface area contributed by atoms with Gasteiger partial charge < -0.3 is 0 Å². The predicted octanol–water partition coefficient (Wildman–Crippen LogP) is 3.36. The molecule has 0 amide bonds. The SMILES string of the molecule is CC1CCC(Sc2ccccn2)C1. The molecule has 1 saturated carbocycles. The minimum Gasteiger partial charge on any atom is -0.250 e. The van der Waals surface area contributed by atoms with Crippen LogP contribution in [0, 0.1) is 5.92 Å². The Kier molecular flexibility index (Phi) is 2.89. The van der Waals surface area contributed by atoms with Gasteiger partial charge in [0.1, 0.15) is 0 Å². The molecule has 13 heavy (non-hydrogen) atoms. The number of nitrogens with zero attached hydrogens (tertiary/aromatic N) is 1. The first-order chi connectivity index (χ1) is 6.34. The van der Waals surface area contributed by atoms with E-state index in [0.29, 0.717) is 0 Å². The zero-order valence-corrected chi connectivity index (χ0v) is 8.76. The van der Waals surface area contributed by atoms with Gasteiger partial charge in [0.25, 0.3) is 0 Å². The van der Waals surface area contributed by atoms with Crippen LogP contribution in [-0.2, 0) is 0 Å². The Morgan fingerprint density at radius 2 is 2.31 bits per heavy atom. The third-order valence-corrected chi connectivity index (χ3v) is 3.82. The fraction of sp³-hybridized carbons (Fsp3) is 0.545. The third-order valence-electron chi connectivity index (χ3n) is 2.57. The van der Waals surface area contributed by atoms with Crippen molar-refractivity contribution in [3.63, 3.8) is 0 Å². The van der Waals surface area contributed by atoms with Crippen LogP contribution in [-0.4, -0.2) is 10.2 Å². The van der Waals surface area contributed by atoms with E-state index in [9.17, 15) is 0 Å². The third kappa shape index (κ3) is 2.47. The molecule has 1 nitrogen and oxygen atoms in total. The fourth-order valence-electron chi connectivity index (χ4n) is 1.85. The van der Waals surface area contributed by atoms with Crippen LogP contribution in [0.1, 0.15) is 26.2 Å². The van der Waals surface area contributed by atoms with Crippen molar-refractivity contribution in [2.75, 3.05) is 0 Å². The number of pyridine rings is 1. The van der Waals surface area contributed by atoms with E-state index in [1.165, 1.54) is 24.3 Å². The molecule has 0 N–H and O–H groups in total. The molecule has 2 heteroatoms. The molecule has 1 aromatic rings. The number of hydrogen-bond donors (Lipinski definition) is 0. The average Bonchev–Trinajstić information content (AvgIpc) is 2.53. The second-order valence-corrected chi connectivity index (χ2v) is 5.15. The van der Waals surface area contributed by atoms with E-state index in [2.05, 4.69) is 24.0 Å². The van der Waals surface area contributed by atoms with Crippen LogP contribution in [0.4, 0.5) is 0 Å². The second kappa shape index (κ2) is 4.14. The molecule has 2 unspecified atom stereocenters. The van der Waals surface area contributed by atoms with Gasteiger partial charge in [0, 0.05) is 11.4 Å². The maximum Gasteiger partial charge on any atom is 0.0962 e. The summed E-state index contributed by atoms with van der Waals surface area (Å²) in [4.78, 5) is 4.33. The van der Waals surface area contributed by atoms with Crippen LogP contribution in [0.3, 0.4) is 0 Å². The molecule has 0 saturated heterocycles. The van der Waals surface area contributed by atoms with Gasteiger partial charge in [-0.1, -0.05) is 13.0 Å². The maximum atomic E-state index is 4.33. The van der Waals surface area contributed by atoms with Crippen molar-refractivity contribution in [1.29, 1.82) is 0 Å². The summed E-state index contributed by atoms with van der Waals surface area (Å²) in [7, 11) is 0. The van der Waals surface area contributed by atoms with Gasteiger partial charge in [-0.25, -0.2) is 4.98 Å². The minimum absolute atomic E-state index is 0.810. The van der Waals surface area contributed by atoms with Crippen molar-refractivity contribution in [3.05, 3.63) is 24.4 Å². The summed E-state index contributed by atoms with van der Waals surface area (Å²) in [5, 5.41) is 1.99. The van der Waals surface area contributed by atoms with Crippen molar-refractivity contribution < 1.29 is 0 Å². The summed E-state index contributed by atoms with van der Waals surface area (Å²) in [6.45, 7) is 2.35. The van der Waals surface area contributed by atoms with E-state index in [0.717, 1.165) is 11.2 Å². The van der Waals surface area contributed by atoms with Gasteiger partial charge in [0.15, 0.2) is 0 Å². The van der Waals surface area contributed by atoms with E-state index >= 15 is 0 Å². The van der Waals surface area contributed by atoms with Crippen LogP contribution in [0.15, 0.2) is 29.4 Å². The highest BCUT2D eigenvalue weighted by Gasteiger charge is 2.22. The van der Waals surface area contributed by atoms with Gasteiger partial charge in [-0.05, 0) is 37.3 Å². The normalized spacial score (nSPS) is 27.8. The number of aromatic nitrogens is 1. The Morgan fingerprint density at radius 1 is 1.38 bits per heavy atom. The van der Waals surface area contributed by atoms with Crippen LogP contribution in [0.25, 0.3) is 0 Å². The minimum atomic E-state index is 0.810. The second-order valence-electron chi connectivity index (χ2n) is 3.83. The van der Waals surface area contributed by atoms with Gasteiger partial charge in [-0.3, -0.25) is 0 Å². The monoisotopic (exact) mass is 193 g/mol. The fourth-order valence-corrected chi connectivity index (χ4v) is 3.15. The Labute approximate surface area is 84.0 Å². The predicted molar refractivity (Wildman–Crippen MR) is 56.9 cm³/mol. The molecule has 2 rings (SSSR count). The van der Waals surface area contributed by atoms with Crippen molar-refractivity contribution in [2.45, 2.75) is 36.5 Å². The highest BCUT2D eigenvalue weighted by Crippen LogP contribution is 2.36. The average molecular weight is 193 g/mol. The lowest BCUT2D eigenvalue weighted by Crippen LogP contribution is -1.95. The van der Waals surface area contributed by atoms with Crippen molar-refractivity contribution >= 4 is 11.8 Å². The van der Waals surface area contributed by atoms with E-state index in [4.69, 9.17) is 0 Å². The smallest absolute Gasteiger partial charge is 0.0962 e. The molecule has 1 aliphatic carbocycles. The Balaban J connectivity index is 1.92. The van der Waals surface area contributed by atoms with Crippen LogP contribution in [0.2, 0.25) is 0 Å². The lowest BCUT2D eigenvalue weighted by atomic mass is 10.1. The number of rotatable bonds is 2. The molecule has 1 heterocycles. The maximum absolute atomic E-state index is 4.33. The Bertz CT molecular complexity index is 260. The van der Waals surface area contributed by atoms with Gasteiger partial charge in [-0.2, -0.15) is 0 Å². The molecule has 0 aromatic carbocycles. The van der Waals surface area contributed by atoms with Crippen molar-refractivity contribution in [2.24, 2.45) is 5.92 Å².